The maximum atomic E-state index is 5.33. The standard InChI is InChI=1S/C10H14BrN7/c1-18-5-4-13-7(18)2-3-14-9-8(11)10(17-12)16-6-15-9/h4-6H,2-3,12H2,1H3,(H2,14,15,16,17). The van der Waals surface area contributed by atoms with Crippen LogP contribution in [0.5, 0.6) is 0 Å². The molecule has 2 heterocycles. The van der Waals surface area contributed by atoms with Crippen molar-refractivity contribution in [2.24, 2.45) is 12.9 Å². The van der Waals surface area contributed by atoms with Gasteiger partial charge in [0.15, 0.2) is 5.82 Å². The van der Waals surface area contributed by atoms with E-state index in [1.165, 1.54) is 6.33 Å². The zero-order chi connectivity index (χ0) is 13.0. The smallest absolute Gasteiger partial charge is 0.159 e. The first-order valence-electron chi connectivity index (χ1n) is 5.39. The van der Waals surface area contributed by atoms with E-state index in [9.17, 15) is 0 Å². The fourth-order valence-electron chi connectivity index (χ4n) is 1.52. The van der Waals surface area contributed by atoms with Gasteiger partial charge in [0.25, 0.3) is 0 Å². The minimum atomic E-state index is 0.546. The first-order chi connectivity index (χ1) is 8.72. The summed E-state index contributed by atoms with van der Waals surface area (Å²) in [7, 11) is 1.97. The molecular weight excluding hydrogens is 298 g/mol. The molecule has 0 amide bonds. The van der Waals surface area contributed by atoms with Crippen molar-refractivity contribution >= 4 is 27.6 Å². The minimum Gasteiger partial charge on any atom is -0.369 e. The fourth-order valence-corrected chi connectivity index (χ4v) is 1.98. The van der Waals surface area contributed by atoms with Gasteiger partial charge < -0.3 is 15.3 Å². The van der Waals surface area contributed by atoms with E-state index >= 15 is 0 Å². The molecule has 0 saturated heterocycles. The molecule has 0 aromatic carbocycles. The molecule has 4 N–H and O–H groups in total. The molecule has 96 valence electrons. The van der Waals surface area contributed by atoms with Crippen molar-refractivity contribution in [1.29, 1.82) is 0 Å². The van der Waals surface area contributed by atoms with Gasteiger partial charge in [-0.25, -0.2) is 20.8 Å². The molecule has 7 nitrogen and oxygen atoms in total. The zero-order valence-corrected chi connectivity index (χ0v) is 11.5. The lowest BCUT2D eigenvalue weighted by atomic mass is 10.4. The van der Waals surface area contributed by atoms with Gasteiger partial charge in [0.05, 0.1) is 0 Å². The number of nitrogens with zero attached hydrogens (tertiary/aromatic N) is 4. The van der Waals surface area contributed by atoms with Crippen molar-refractivity contribution in [3.05, 3.63) is 29.0 Å². The van der Waals surface area contributed by atoms with Gasteiger partial charge in [0.2, 0.25) is 0 Å². The maximum absolute atomic E-state index is 5.33. The zero-order valence-electron chi connectivity index (χ0n) is 9.89. The molecule has 2 rings (SSSR count). The van der Waals surface area contributed by atoms with Crippen LogP contribution in [0.1, 0.15) is 5.82 Å². The molecule has 0 atom stereocenters. The van der Waals surface area contributed by atoms with E-state index in [4.69, 9.17) is 5.84 Å². The van der Waals surface area contributed by atoms with Crippen LogP contribution in [-0.4, -0.2) is 26.1 Å². The average Bonchev–Trinajstić information content (AvgIpc) is 2.77. The highest BCUT2D eigenvalue weighted by Crippen LogP contribution is 2.25. The molecule has 8 heteroatoms. The second-order valence-corrected chi connectivity index (χ2v) is 4.45. The number of imidazole rings is 1. The van der Waals surface area contributed by atoms with Crippen LogP contribution in [0.15, 0.2) is 23.2 Å². The van der Waals surface area contributed by atoms with E-state index in [0.29, 0.717) is 16.1 Å². The predicted molar refractivity (Wildman–Crippen MR) is 72.9 cm³/mol. The van der Waals surface area contributed by atoms with Crippen LogP contribution < -0.4 is 16.6 Å². The van der Waals surface area contributed by atoms with Gasteiger partial charge in [-0.1, -0.05) is 0 Å². The minimum absolute atomic E-state index is 0.546. The maximum Gasteiger partial charge on any atom is 0.159 e. The lowest BCUT2D eigenvalue weighted by molar-refractivity contribution is 0.788. The number of nitrogens with two attached hydrogens (primary N) is 1. The van der Waals surface area contributed by atoms with Crippen LogP contribution in [0.2, 0.25) is 0 Å². The second kappa shape index (κ2) is 5.78. The van der Waals surface area contributed by atoms with Crippen molar-refractivity contribution in [2.45, 2.75) is 6.42 Å². The Hall–Kier alpha value is -1.67. The van der Waals surface area contributed by atoms with Gasteiger partial charge in [-0.05, 0) is 15.9 Å². The molecule has 0 unspecified atom stereocenters. The number of anilines is 2. The lowest BCUT2D eigenvalue weighted by Crippen LogP contribution is -2.13. The highest BCUT2D eigenvalue weighted by atomic mass is 79.9. The molecule has 0 spiro atoms. The van der Waals surface area contributed by atoms with E-state index in [-0.39, 0.29) is 0 Å². The largest absolute Gasteiger partial charge is 0.369 e. The van der Waals surface area contributed by atoms with Crippen LogP contribution >= 0.6 is 15.9 Å². The summed E-state index contributed by atoms with van der Waals surface area (Å²) in [5.74, 6) is 7.60. The molecule has 0 aliphatic rings. The number of aryl methyl sites for hydroxylation is 1. The number of hydrogen-bond acceptors (Lipinski definition) is 6. The average molecular weight is 312 g/mol. The summed E-state index contributed by atoms with van der Waals surface area (Å²) in [6.07, 6.45) is 5.97. The van der Waals surface area contributed by atoms with Crippen LogP contribution in [0.4, 0.5) is 11.6 Å². The number of hydrazine groups is 1. The highest BCUT2D eigenvalue weighted by Gasteiger charge is 2.07. The first-order valence-corrected chi connectivity index (χ1v) is 6.19. The molecule has 0 radical (unpaired) electrons. The Morgan fingerprint density at radius 2 is 2.11 bits per heavy atom. The summed E-state index contributed by atoms with van der Waals surface area (Å²) in [5, 5.41) is 3.21. The lowest BCUT2D eigenvalue weighted by Gasteiger charge is -2.09. The molecule has 2 aromatic heterocycles. The molecule has 18 heavy (non-hydrogen) atoms. The number of halogens is 1. The molecule has 0 aliphatic heterocycles. The molecular formula is C10H14BrN7. The van der Waals surface area contributed by atoms with Gasteiger partial charge in [-0.2, -0.15) is 0 Å². The summed E-state index contributed by atoms with van der Waals surface area (Å²) in [4.78, 5) is 12.4. The van der Waals surface area contributed by atoms with E-state index in [1.807, 2.05) is 17.8 Å². The van der Waals surface area contributed by atoms with E-state index in [2.05, 4.69) is 41.6 Å². The molecule has 0 aliphatic carbocycles. The topological polar surface area (TPSA) is 93.7 Å². The van der Waals surface area contributed by atoms with Crippen molar-refractivity contribution in [1.82, 2.24) is 19.5 Å². The number of hydrogen-bond donors (Lipinski definition) is 3. The normalized spacial score (nSPS) is 10.4. The summed E-state index contributed by atoms with van der Waals surface area (Å²) in [6, 6.07) is 0. The van der Waals surface area contributed by atoms with E-state index in [1.54, 1.807) is 6.20 Å². The van der Waals surface area contributed by atoms with Crippen molar-refractivity contribution in [2.75, 3.05) is 17.3 Å². The Kier molecular flexibility index (Phi) is 4.11. The third-order valence-electron chi connectivity index (χ3n) is 2.49. The first kappa shape index (κ1) is 12.8. The summed E-state index contributed by atoms with van der Waals surface area (Å²) in [5.41, 5.74) is 2.49. The molecule has 0 bridgehead atoms. The van der Waals surface area contributed by atoms with Crippen molar-refractivity contribution in [3.63, 3.8) is 0 Å². The summed E-state index contributed by atoms with van der Waals surface area (Å²) < 4.78 is 2.70. The Morgan fingerprint density at radius 1 is 1.33 bits per heavy atom. The Morgan fingerprint density at radius 3 is 2.78 bits per heavy atom. The van der Waals surface area contributed by atoms with Gasteiger partial charge in [0, 0.05) is 32.4 Å². The van der Waals surface area contributed by atoms with Crippen LogP contribution in [0.25, 0.3) is 0 Å². The molecule has 0 fully saturated rings. The monoisotopic (exact) mass is 311 g/mol. The van der Waals surface area contributed by atoms with Gasteiger partial charge in [0.1, 0.15) is 22.4 Å². The second-order valence-electron chi connectivity index (χ2n) is 3.66. The summed E-state index contributed by atoms with van der Waals surface area (Å²) in [6.45, 7) is 0.727. The fraction of sp³-hybridized carbons (Fsp3) is 0.300. The van der Waals surface area contributed by atoms with Crippen LogP contribution in [0.3, 0.4) is 0 Å². The number of rotatable bonds is 5. The number of nitrogen functional groups attached to an aromatic ring is 1. The van der Waals surface area contributed by atoms with E-state index < -0.39 is 0 Å². The Balaban J connectivity index is 1.96. The third-order valence-corrected chi connectivity index (χ3v) is 3.24. The third kappa shape index (κ3) is 2.77. The van der Waals surface area contributed by atoms with Gasteiger partial charge in [-0.3, -0.25) is 0 Å². The van der Waals surface area contributed by atoms with Crippen LogP contribution in [-0.2, 0) is 13.5 Å². The Bertz CT molecular complexity index is 525. The van der Waals surface area contributed by atoms with Gasteiger partial charge >= 0.3 is 0 Å². The summed E-state index contributed by atoms with van der Waals surface area (Å²) >= 11 is 3.38. The molecule has 0 saturated carbocycles. The van der Waals surface area contributed by atoms with Gasteiger partial charge in [-0.15, -0.1) is 0 Å². The predicted octanol–water partition coefficient (Wildman–Crippen LogP) is 0.913. The van der Waals surface area contributed by atoms with E-state index in [0.717, 1.165) is 18.8 Å². The highest BCUT2D eigenvalue weighted by molar-refractivity contribution is 9.10. The number of nitrogens with one attached hydrogen (secondary N) is 2. The number of aromatic nitrogens is 4. The van der Waals surface area contributed by atoms with Crippen molar-refractivity contribution in [3.8, 4) is 0 Å². The van der Waals surface area contributed by atoms with Crippen molar-refractivity contribution < 1.29 is 0 Å². The SMILES string of the molecule is Cn1ccnc1CCNc1ncnc(NN)c1Br. The molecule has 2 aromatic rings. The van der Waals surface area contributed by atoms with Crippen LogP contribution in [0, 0.1) is 0 Å². The Labute approximate surface area is 113 Å². The quantitative estimate of drug-likeness (QED) is 0.561.